The highest BCUT2D eigenvalue weighted by Crippen LogP contribution is 2.44. The number of hydrogen-bond acceptors (Lipinski definition) is 5. The van der Waals surface area contributed by atoms with E-state index in [0.717, 1.165) is 22.3 Å². The van der Waals surface area contributed by atoms with E-state index in [9.17, 15) is 19.5 Å². The molecule has 0 aliphatic heterocycles. The first-order chi connectivity index (χ1) is 16.1. The van der Waals surface area contributed by atoms with Gasteiger partial charge in [0.1, 0.15) is 18.7 Å². The minimum atomic E-state index is -1.15. The van der Waals surface area contributed by atoms with Gasteiger partial charge >= 0.3 is 12.1 Å². The zero-order chi connectivity index (χ0) is 24.9. The lowest BCUT2D eigenvalue weighted by molar-refractivity contribution is -0.142. The topological polar surface area (TPSA) is 114 Å². The van der Waals surface area contributed by atoms with Gasteiger partial charge in [-0.1, -0.05) is 55.5 Å². The number of benzene rings is 2. The average Bonchev–Trinajstić information content (AvgIpc) is 3.11. The number of amides is 2. The van der Waals surface area contributed by atoms with Crippen LogP contribution in [0.4, 0.5) is 4.79 Å². The zero-order valence-electron chi connectivity index (χ0n) is 20.0. The molecule has 0 spiro atoms. The molecule has 0 unspecified atom stereocenters. The van der Waals surface area contributed by atoms with E-state index in [-0.39, 0.29) is 25.6 Å². The number of aliphatic carboxylic acids is 1. The summed E-state index contributed by atoms with van der Waals surface area (Å²) in [5, 5.41) is 14.2. The van der Waals surface area contributed by atoms with Crippen molar-refractivity contribution in [2.75, 3.05) is 13.2 Å². The molecule has 1 aliphatic rings. The second-order valence-electron chi connectivity index (χ2n) is 9.25. The van der Waals surface area contributed by atoms with Gasteiger partial charge in [0.2, 0.25) is 5.91 Å². The van der Waals surface area contributed by atoms with Gasteiger partial charge in [0.25, 0.3) is 0 Å². The molecule has 3 N–H and O–H groups in total. The van der Waals surface area contributed by atoms with Crippen LogP contribution < -0.4 is 10.6 Å². The number of carboxylic acids is 1. The van der Waals surface area contributed by atoms with Gasteiger partial charge in [-0.05, 0) is 49.4 Å². The van der Waals surface area contributed by atoms with E-state index < -0.39 is 35.7 Å². The van der Waals surface area contributed by atoms with Gasteiger partial charge in [0.05, 0.1) is 12.2 Å². The van der Waals surface area contributed by atoms with Gasteiger partial charge in [-0.15, -0.1) is 0 Å². The van der Waals surface area contributed by atoms with Crippen LogP contribution in [0.25, 0.3) is 11.1 Å². The number of nitrogens with one attached hydrogen (secondary N) is 2. The van der Waals surface area contributed by atoms with Crippen LogP contribution in [0.15, 0.2) is 48.5 Å². The third-order valence-electron chi connectivity index (χ3n) is 5.66. The van der Waals surface area contributed by atoms with Crippen molar-refractivity contribution in [3.63, 3.8) is 0 Å². The van der Waals surface area contributed by atoms with Crippen LogP contribution in [0.2, 0.25) is 0 Å². The van der Waals surface area contributed by atoms with Crippen molar-refractivity contribution in [2.45, 2.75) is 57.7 Å². The molecule has 8 heteroatoms. The van der Waals surface area contributed by atoms with E-state index in [2.05, 4.69) is 10.6 Å². The third kappa shape index (κ3) is 6.14. The molecule has 8 nitrogen and oxygen atoms in total. The number of ether oxygens (including phenoxy) is 2. The monoisotopic (exact) mass is 468 g/mol. The number of carbonyl (C=O) groups is 3. The molecule has 3 rings (SSSR count). The highest BCUT2D eigenvalue weighted by Gasteiger charge is 2.31. The van der Waals surface area contributed by atoms with E-state index in [1.54, 1.807) is 6.92 Å². The summed E-state index contributed by atoms with van der Waals surface area (Å²) in [6, 6.07) is 13.8. The molecule has 0 saturated heterocycles. The second kappa shape index (κ2) is 10.7. The first-order valence-electron chi connectivity index (χ1n) is 11.4. The molecule has 182 valence electrons. The van der Waals surface area contributed by atoms with Gasteiger partial charge in [-0.2, -0.15) is 0 Å². The van der Waals surface area contributed by atoms with Gasteiger partial charge < -0.3 is 25.2 Å². The molecule has 0 fully saturated rings. The number of fused-ring (bicyclic) bond motifs is 3. The van der Waals surface area contributed by atoms with E-state index in [1.807, 2.05) is 69.3 Å². The lowest BCUT2D eigenvalue weighted by Crippen LogP contribution is -2.54. The minimum absolute atomic E-state index is 0.0983. The number of carboxylic acid groups (broad SMARTS) is 1. The molecular formula is C26H32N2O6. The van der Waals surface area contributed by atoms with Crippen molar-refractivity contribution in [1.29, 1.82) is 0 Å². The number of rotatable bonds is 9. The van der Waals surface area contributed by atoms with E-state index in [1.165, 1.54) is 0 Å². The number of carbonyl (C=O) groups excluding carboxylic acids is 2. The van der Waals surface area contributed by atoms with Crippen LogP contribution >= 0.6 is 0 Å². The van der Waals surface area contributed by atoms with Crippen molar-refractivity contribution >= 4 is 18.0 Å². The van der Waals surface area contributed by atoms with Crippen molar-refractivity contribution in [3.05, 3.63) is 59.7 Å². The Balaban J connectivity index is 1.68. The Morgan fingerprint density at radius 2 is 1.50 bits per heavy atom. The Hall–Kier alpha value is -3.39. The fourth-order valence-corrected chi connectivity index (χ4v) is 3.91. The summed E-state index contributed by atoms with van der Waals surface area (Å²) in [5.41, 5.74) is 3.82. The predicted octanol–water partition coefficient (Wildman–Crippen LogP) is 3.69. The first-order valence-corrected chi connectivity index (χ1v) is 11.4. The maximum atomic E-state index is 12.7. The summed E-state index contributed by atoms with van der Waals surface area (Å²) in [5.74, 6) is -1.91. The normalized spacial score (nSPS) is 14.5. The maximum Gasteiger partial charge on any atom is 0.407 e. The molecule has 0 bridgehead atoms. The predicted molar refractivity (Wildman–Crippen MR) is 128 cm³/mol. The van der Waals surface area contributed by atoms with Crippen LogP contribution in [0.1, 0.15) is 51.2 Å². The first kappa shape index (κ1) is 25.2. The summed E-state index contributed by atoms with van der Waals surface area (Å²) in [7, 11) is 0. The summed E-state index contributed by atoms with van der Waals surface area (Å²) in [6.07, 6.45) is -0.568. The van der Waals surface area contributed by atoms with Gasteiger partial charge in [-0.25, -0.2) is 9.59 Å². The van der Waals surface area contributed by atoms with Gasteiger partial charge in [-0.3, -0.25) is 4.79 Å². The molecule has 2 atom stereocenters. The smallest absolute Gasteiger partial charge is 0.407 e. The molecule has 0 saturated carbocycles. The second-order valence-corrected chi connectivity index (χ2v) is 9.25. The zero-order valence-corrected chi connectivity index (χ0v) is 20.0. The number of hydrogen-bond donors (Lipinski definition) is 3. The Labute approximate surface area is 199 Å². The minimum Gasteiger partial charge on any atom is -0.480 e. The maximum absolute atomic E-state index is 12.7. The summed E-state index contributed by atoms with van der Waals surface area (Å²) >= 11 is 0. The molecular weight excluding hydrogens is 436 g/mol. The molecule has 0 heterocycles. The molecule has 0 radical (unpaired) electrons. The quantitative estimate of drug-likeness (QED) is 0.517. The van der Waals surface area contributed by atoms with E-state index >= 15 is 0 Å². The summed E-state index contributed by atoms with van der Waals surface area (Å²) in [6.45, 7) is 7.08. The van der Waals surface area contributed by atoms with Crippen LogP contribution in [0.5, 0.6) is 0 Å². The Kier molecular flexibility index (Phi) is 7.94. The number of alkyl carbamates (subject to hydrolysis) is 1. The van der Waals surface area contributed by atoms with Crippen molar-refractivity contribution in [2.24, 2.45) is 0 Å². The van der Waals surface area contributed by atoms with Gasteiger partial charge in [0, 0.05) is 5.92 Å². The SMILES string of the molecule is CC[C@@H](NC(=O)[C@H](COC(C)(C)C)NC(=O)OCC1c2ccccc2-c2ccccc21)C(=O)O. The molecule has 0 aromatic heterocycles. The molecule has 34 heavy (non-hydrogen) atoms. The van der Waals surface area contributed by atoms with Crippen molar-refractivity contribution in [1.82, 2.24) is 10.6 Å². The highest BCUT2D eigenvalue weighted by atomic mass is 16.5. The molecule has 2 amide bonds. The largest absolute Gasteiger partial charge is 0.480 e. The lowest BCUT2D eigenvalue weighted by atomic mass is 9.98. The fourth-order valence-electron chi connectivity index (χ4n) is 3.91. The Bertz CT molecular complexity index is 1000. The fraction of sp³-hybridized carbons (Fsp3) is 0.423. The highest BCUT2D eigenvalue weighted by molar-refractivity contribution is 5.89. The van der Waals surface area contributed by atoms with E-state index in [0.29, 0.717) is 0 Å². The molecule has 1 aliphatic carbocycles. The van der Waals surface area contributed by atoms with Crippen LogP contribution in [-0.4, -0.2) is 54.0 Å². The van der Waals surface area contributed by atoms with Crippen molar-refractivity contribution < 1.29 is 29.0 Å². The van der Waals surface area contributed by atoms with Crippen LogP contribution in [0.3, 0.4) is 0 Å². The third-order valence-corrected chi connectivity index (χ3v) is 5.66. The Morgan fingerprint density at radius 3 is 2.00 bits per heavy atom. The summed E-state index contributed by atoms with van der Waals surface area (Å²) in [4.78, 5) is 36.7. The van der Waals surface area contributed by atoms with Crippen LogP contribution in [-0.2, 0) is 19.1 Å². The Morgan fingerprint density at radius 1 is 0.941 bits per heavy atom. The van der Waals surface area contributed by atoms with Crippen molar-refractivity contribution in [3.8, 4) is 11.1 Å². The standard InChI is InChI=1S/C26H32N2O6/c1-5-21(24(30)31)27-23(29)22(15-34-26(2,3)4)28-25(32)33-14-20-18-12-8-6-10-16(18)17-11-7-9-13-19(17)20/h6-13,20-22H,5,14-15H2,1-4H3,(H,27,29)(H,28,32)(H,30,31)/t21-,22+/m1/s1. The summed E-state index contributed by atoms with van der Waals surface area (Å²) < 4.78 is 11.2. The van der Waals surface area contributed by atoms with Crippen LogP contribution in [0, 0.1) is 0 Å². The van der Waals surface area contributed by atoms with E-state index in [4.69, 9.17) is 9.47 Å². The van der Waals surface area contributed by atoms with Gasteiger partial charge in [0.15, 0.2) is 0 Å². The average molecular weight is 469 g/mol. The lowest BCUT2D eigenvalue weighted by Gasteiger charge is -2.25. The molecule has 2 aromatic rings. The molecule has 2 aromatic carbocycles.